The van der Waals surface area contributed by atoms with Crippen molar-refractivity contribution in [2.45, 2.75) is 20.8 Å². The first kappa shape index (κ1) is 20.4. The quantitative estimate of drug-likeness (QED) is 0.352. The van der Waals surface area contributed by atoms with Gasteiger partial charge in [-0.15, -0.1) is 0 Å². The number of nitrogens with zero attached hydrogens (tertiary/aromatic N) is 2. The maximum Gasteiger partial charge on any atom is 0.277 e. The number of fused-ring (bicyclic) bond motifs is 1. The molecule has 1 N–H and O–H groups in total. The molecule has 0 unspecified atom stereocenters. The summed E-state index contributed by atoms with van der Waals surface area (Å²) in [6.45, 7) is 5.94. The predicted molar refractivity (Wildman–Crippen MR) is 125 cm³/mol. The molecule has 1 aromatic heterocycles. The molecule has 0 atom stereocenters. The zero-order chi connectivity index (χ0) is 21.8. The molecule has 0 aliphatic rings. The molecule has 0 bridgehead atoms. The largest absolute Gasteiger partial charge is 0.483 e. The lowest BCUT2D eigenvalue weighted by molar-refractivity contribution is -0.123. The molecule has 4 rings (SSSR count). The van der Waals surface area contributed by atoms with Gasteiger partial charge in [0.1, 0.15) is 5.75 Å². The highest BCUT2D eigenvalue weighted by Crippen LogP contribution is 2.25. The third kappa shape index (κ3) is 4.51. The second-order valence-electron chi connectivity index (χ2n) is 7.50. The van der Waals surface area contributed by atoms with E-state index < -0.39 is 0 Å². The number of hydrazone groups is 1. The van der Waals surface area contributed by atoms with E-state index in [-0.39, 0.29) is 12.5 Å². The van der Waals surface area contributed by atoms with Gasteiger partial charge in [0.05, 0.1) is 5.71 Å². The summed E-state index contributed by atoms with van der Waals surface area (Å²) in [6, 6.07) is 26.0. The highest BCUT2D eigenvalue weighted by Gasteiger charge is 2.07. The SMILES string of the molecule is C/C(=N\NC(=O)COc1cccc2ccccc12)c1ccc(-n2c(C)ccc2C)cc1. The average Bonchev–Trinajstić information content (AvgIpc) is 3.14. The summed E-state index contributed by atoms with van der Waals surface area (Å²) in [4.78, 5) is 12.2. The molecular formula is C26H25N3O2. The highest BCUT2D eigenvalue weighted by molar-refractivity contribution is 5.99. The van der Waals surface area contributed by atoms with Gasteiger partial charge in [0.2, 0.25) is 0 Å². The number of hydrogen-bond donors (Lipinski definition) is 1. The van der Waals surface area contributed by atoms with E-state index in [1.807, 2.05) is 61.5 Å². The smallest absolute Gasteiger partial charge is 0.277 e. The Morgan fingerprint density at radius 2 is 1.58 bits per heavy atom. The zero-order valence-electron chi connectivity index (χ0n) is 17.9. The van der Waals surface area contributed by atoms with E-state index in [1.165, 1.54) is 11.4 Å². The van der Waals surface area contributed by atoms with Crippen molar-refractivity contribution in [1.29, 1.82) is 0 Å². The number of benzene rings is 3. The highest BCUT2D eigenvalue weighted by atomic mass is 16.5. The third-order valence-electron chi connectivity index (χ3n) is 5.27. The monoisotopic (exact) mass is 411 g/mol. The molecule has 5 heteroatoms. The molecule has 0 fully saturated rings. The predicted octanol–water partition coefficient (Wildman–Crippen LogP) is 5.17. The van der Waals surface area contributed by atoms with E-state index in [0.717, 1.165) is 27.7 Å². The standard InChI is InChI=1S/C26H25N3O2/c1-18-11-12-19(2)29(18)23-15-13-21(14-16-23)20(3)27-28-26(30)17-31-25-10-6-8-22-7-4-5-9-24(22)25/h4-16H,17H2,1-3H3,(H,28,30)/b27-20+. The van der Waals surface area contributed by atoms with Gasteiger partial charge in [-0.25, -0.2) is 5.43 Å². The van der Waals surface area contributed by atoms with Gasteiger partial charge in [-0.3, -0.25) is 4.79 Å². The van der Waals surface area contributed by atoms with Crippen molar-refractivity contribution in [1.82, 2.24) is 9.99 Å². The van der Waals surface area contributed by atoms with Gasteiger partial charge in [0, 0.05) is 22.5 Å². The van der Waals surface area contributed by atoms with Crippen molar-refractivity contribution in [3.63, 3.8) is 0 Å². The minimum absolute atomic E-state index is 0.101. The summed E-state index contributed by atoms with van der Waals surface area (Å²) in [5.41, 5.74) is 7.73. The molecule has 0 aliphatic heterocycles. The number of aromatic nitrogens is 1. The second kappa shape index (κ2) is 8.88. The van der Waals surface area contributed by atoms with Gasteiger partial charge < -0.3 is 9.30 Å². The van der Waals surface area contributed by atoms with Crippen LogP contribution in [0.15, 0.2) is 84.0 Å². The van der Waals surface area contributed by atoms with Crippen molar-refractivity contribution >= 4 is 22.4 Å². The fourth-order valence-corrected chi connectivity index (χ4v) is 3.64. The fraction of sp³-hybridized carbons (Fsp3) is 0.154. The Kier molecular flexibility index (Phi) is 5.85. The van der Waals surface area contributed by atoms with E-state index in [1.54, 1.807) is 0 Å². The van der Waals surface area contributed by atoms with Crippen LogP contribution in [0.4, 0.5) is 0 Å². The summed E-state index contributed by atoms with van der Waals surface area (Å²) in [5, 5.41) is 6.28. The van der Waals surface area contributed by atoms with Gasteiger partial charge in [-0.1, -0.05) is 48.5 Å². The Hall–Kier alpha value is -3.86. The summed E-state index contributed by atoms with van der Waals surface area (Å²) in [5.74, 6) is 0.377. The Balaban J connectivity index is 1.38. The van der Waals surface area contributed by atoms with Crippen LogP contribution in [0.25, 0.3) is 16.5 Å². The van der Waals surface area contributed by atoms with Crippen molar-refractivity contribution < 1.29 is 9.53 Å². The Bertz CT molecular complexity index is 1230. The molecule has 156 valence electrons. The molecule has 0 spiro atoms. The van der Waals surface area contributed by atoms with E-state index in [9.17, 15) is 4.79 Å². The minimum atomic E-state index is -0.303. The first-order valence-corrected chi connectivity index (χ1v) is 10.2. The van der Waals surface area contributed by atoms with Crippen molar-refractivity contribution in [2.75, 3.05) is 6.61 Å². The molecule has 5 nitrogen and oxygen atoms in total. The maximum absolute atomic E-state index is 12.2. The molecule has 0 radical (unpaired) electrons. The van der Waals surface area contributed by atoms with Crippen LogP contribution < -0.4 is 10.2 Å². The molecular weight excluding hydrogens is 386 g/mol. The van der Waals surface area contributed by atoms with Gasteiger partial charge in [0.15, 0.2) is 6.61 Å². The molecule has 0 aliphatic carbocycles. The van der Waals surface area contributed by atoms with Gasteiger partial charge >= 0.3 is 0 Å². The molecule has 0 saturated carbocycles. The lowest BCUT2D eigenvalue weighted by Crippen LogP contribution is -2.25. The maximum atomic E-state index is 12.2. The lowest BCUT2D eigenvalue weighted by Gasteiger charge is -2.11. The minimum Gasteiger partial charge on any atom is -0.483 e. The van der Waals surface area contributed by atoms with Gasteiger partial charge in [0.25, 0.3) is 5.91 Å². The number of carbonyl (C=O) groups is 1. The van der Waals surface area contributed by atoms with Gasteiger partial charge in [-0.05, 0) is 62.1 Å². The van der Waals surface area contributed by atoms with Crippen molar-refractivity contribution in [3.05, 3.63) is 95.8 Å². The number of rotatable bonds is 6. The molecule has 4 aromatic rings. The van der Waals surface area contributed by atoms with Crippen LogP contribution in [-0.2, 0) is 4.79 Å². The van der Waals surface area contributed by atoms with E-state index in [0.29, 0.717) is 5.75 Å². The summed E-state index contributed by atoms with van der Waals surface area (Å²) in [6.07, 6.45) is 0. The third-order valence-corrected chi connectivity index (χ3v) is 5.27. The summed E-state index contributed by atoms with van der Waals surface area (Å²) < 4.78 is 7.91. The Morgan fingerprint density at radius 3 is 2.32 bits per heavy atom. The van der Waals surface area contributed by atoms with Gasteiger partial charge in [-0.2, -0.15) is 5.10 Å². The molecule has 3 aromatic carbocycles. The Labute approximate surface area is 182 Å². The van der Waals surface area contributed by atoms with Crippen LogP contribution >= 0.6 is 0 Å². The van der Waals surface area contributed by atoms with Crippen LogP contribution in [0, 0.1) is 13.8 Å². The second-order valence-corrected chi connectivity index (χ2v) is 7.50. The number of hydrogen-bond acceptors (Lipinski definition) is 3. The fourth-order valence-electron chi connectivity index (χ4n) is 3.64. The number of aryl methyl sites for hydroxylation is 2. The normalized spacial score (nSPS) is 11.5. The summed E-state index contributed by atoms with van der Waals surface area (Å²) >= 11 is 0. The number of carbonyl (C=O) groups excluding carboxylic acids is 1. The van der Waals surface area contributed by atoms with E-state index >= 15 is 0 Å². The topological polar surface area (TPSA) is 55.6 Å². The molecule has 31 heavy (non-hydrogen) atoms. The van der Waals surface area contributed by atoms with Crippen LogP contribution in [0.3, 0.4) is 0 Å². The molecule has 1 heterocycles. The van der Waals surface area contributed by atoms with Crippen LogP contribution in [-0.4, -0.2) is 22.8 Å². The van der Waals surface area contributed by atoms with Crippen LogP contribution in [0.2, 0.25) is 0 Å². The molecule has 1 amide bonds. The Morgan fingerprint density at radius 1 is 0.903 bits per heavy atom. The van der Waals surface area contributed by atoms with Crippen LogP contribution in [0.1, 0.15) is 23.9 Å². The van der Waals surface area contributed by atoms with Crippen molar-refractivity contribution in [2.24, 2.45) is 5.10 Å². The van der Waals surface area contributed by atoms with E-state index in [2.05, 4.69) is 53.2 Å². The zero-order valence-corrected chi connectivity index (χ0v) is 17.9. The molecule has 0 saturated heterocycles. The number of ether oxygens (including phenoxy) is 1. The number of nitrogens with one attached hydrogen (secondary N) is 1. The first-order chi connectivity index (χ1) is 15.0. The number of amides is 1. The lowest BCUT2D eigenvalue weighted by atomic mass is 10.1. The van der Waals surface area contributed by atoms with Crippen molar-refractivity contribution in [3.8, 4) is 11.4 Å². The summed E-state index contributed by atoms with van der Waals surface area (Å²) in [7, 11) is 0. The van der Waals surface area contributed by atoms with E-state index in [4.69, 9.17) is 4.74 Å². The first-order valence-electron chi connectivity index (χ1n) is 10.2. The van der Waals surface area contributed by atoms with Crippen LogP contribution in [0.5, 0.6) is 5.75 Å². The average molecular weight is 412 g/mol.